The average molecular weight is 264 g/mol. The highest BCUT2D eigenvalue weighted by Gasteiger charge is 2.12. The van der Waals surface area contributed by atoms with Crippen LogP contribution in [0.15, 0.2) is 22.7 Å². The molecule has 0 atom stereocenters. The lowest BCUT2D eigenvalue weighted by Gasteiger charge is -2.05. The van der Waals surface area contributed by atoms with Gasteiger partial charge in [-0.3, -0.25) is 4.68 Å². The number of nitrogens with zero attached hydrogens (tertiary/aromatic N) is 3. The van der Waals surface area contributed by atoms with E-state index in [1.807, 2.05) is 32.0 Å². The van der Waals surface area contributed by atoms with E-state index in [1.54, 1.807) is 4.68 Å². The van der Waals surface area contributed by atoms with Crippen molar-refractivity contribution in [2.24, 2.45) is 0 Å². The Hall–Kier alpha value is -1.34. The summed E-state index contributed by atoms with van der Waals surface area (Å²) in [6, 6.07) is 8.18. The molecule has 0 aliphatic heterocycles. The second kappa shape index (κ2) is 3.67. The third-order valence-electron chi connectivity index (χ3n) is 2.25. The van der Waals surface area contributed by atoms with Gasteiger partial charge in [0.05, 0.1) is 5.52 Å². The fourth-order valence-electron chi connectivity index (χ4n) is 1.56. The molecule has 15 heavy (non-hydrogen) atoms. The van der Waals surface area contributed by atoms with E-state index in [0.717, 1.165) is 15.4 Å². The van der Waals surface area contributed by atoms with Crippen molar-refractivity contribution in [2.75, 3.05) is 0 Å². The fraction of sp³-hybridized carbons (Fsp3) is 0.273. The summed E-state index contributed by atoms with van der Waals surface area (Å²) in [5, 5.41) is 14.4. The van der Waals surface area contributed by atoms with E-state index >= 15 is 0 Å². The Balaban J connectivity index is 2.80. The molecule has 3 nitrogen and oxygen atoms in total. The van der Waals surface area contributed by atoms with E-state index in [0.29, 0.717) is 5.69 Å². The zero-order chi connectivity index (χ0) is 11.0. The van der Waals surface area contributed by atoms with Crippen LogP contribution in [-0.4, -0.2) is 9.78 Å². The zero-order valence-corrected chi connectivity index (χ0v) is 10.1. The quantitative estimate of drug-likeness (QED) is 0.793. The van der Waals surface area contributed by atoms with Crippen LogP contribution in [0.1, 0.15) is 25.6 Å². The Morgan fingerprint density at radius 3 is 2.80 bits per heavy atom. The van der Waals surface area contributed by atoms with Crippen LogP contribution < -0.4 is 0 Å². The monoisotopic (exact) mass is 263 g/mol. The Bertz CT molecular complexity index is 549. The van der Waals surface area contributed by atoms with Gasteiger partial charge in [-0.05, 0) is 32.0 Å². The molecule has 0 aliphatic rings. The number of nitriles is 1. The Morgan fingerprint density at radius 1 is 1.47 bits per heavy atom. The van der Waals surface area contributed by atoms with Crippen LogP contribution in [0, 0.1) is 11.3 Å². The molecule has 0 N–H and O–H groups in total. The van der Waals surface area contributed by atoms with Crippen molar-refractivity contribution in [2.45, 2.75) is 19.9 Å². The van der Waals surface area contributed by atoms with Crippen LogP contribution >= 0.6 is 15.9 Å². The summed E-state index contributed by atoms with van der Waals surface area (Å²) in [6.07, 6.45) is 0. The summed E-state index contributed by atoms with van der Waals surface area (Å²) in [4.78, 5) is 0. The van der Waals surface area contributed by atoms with Gasteiger partial charge in [-0.1, -0.05) is 15.9 Å². The first-order valence-electron chi connectivity index (χ1n) is 4.71. The average Bonchev–Trinajstić information content (AvgIpc) is 2.55. The molecule has 0 fully saturated rings. The van der Waals surface area contributed by atoms with Crippen LogP contribution in [0.2, 0.25) is 0 Å². The van der Waals surface area contributed by atoms with Gasteiger partial charge >= 0.3 is 0 Å². The van der Waals surface area contributed by atoms with Crippen molar-refractivity contribution < 1.29 is 0 Å². The molecule has 0 saturated heterocycles. The van der Waals surface area contributed by atoms with Crippen LogP contribution in [0.5, 0.6) is 0 Å². The molecule has 0 aliphatic carbocycles. The number of benzene rings is 1. The van der Waals surface area contributed by atoms with Crippen LogP contribution in [0.4, 0.5) is 0 Å². The molecule has 0 saturated carbocycles. The molecule has 1 aromatic carbocycles. The third-order valence-corrected chi connectivity index (χ3v) is 2.75. The number of fused-ring (bicyclic) bond motifs is 1. The molecule has 0 unspecified atom stereocenters. The first kappa shape index (κ1) is 10.2. The van der Waals surface area contributed by atoms with Gasteiger partial charge in [-0.15, -0.1) is 0 Å². The number of hydrogen-bond donors (Lipinski definition) is 0. The maximum atomic E-state index is 9.10. The summed E-state index contributed by atoms with van der Waals surface area (Å²) in [5.74, 6) is 0. The fourth-order valence-corrected chi connectivity index (χ4v) is 1.91. The Kier molecular flexibility index (Phi) is 2.49. The maximum absolute atomic E-state index is 9.10. The van der Waals surface area contributed by atoms with E-state index in [-0.39, 0.29) is 6.04 Å². The highest BCUT2D eigenvalue weighted by Crippen LogP contribution is 2.23. The molecule has 0 radical (unpaired) electrons. The smallest absolute Gasteiger partial charge is 0.146 e. The number of rotatable bonds is 1. The van der Waals surface area contributed by atoms with Gasteiger partial charge in [0.15, 0.2) is 0 Å². The topological polar surface area (TPSA) is 41.6 Å². The number of hydrogen-bond acceptors (Lipinski definition) is 2. The first-order valence-corrected chi connectivity index (χ1v) is 5.50. The molecule has 2 aromatic rings. The zero-order valence-electron chi connectivity index (χ0n) is 8.53. The molecular formula is C11H10BrN3. The number of halogens is 1. The van der Waals surface area contributed by atoms with E-state index in [9.17, 15) is 0 Å². The van der Waals surface area contributed by atoms with Gasteiger partial charge in [0.25, 0.3) is 0 Å². The SMILES string of the molecule is CC(C)n1nc2cc(Br)ccc2c1C#N. The second-order valence-electron chi connectivity index (χ2n) is 3.66. The molecular weight excluding hydrogens is 254 g/mol. The minimum atomic E-state index is 0.200. The predicted octanol–water partition coefficient (Wildman–Crippen LogP) is 3.25. The molecule has 0 spiro atoms. The lowest BCUT2D eigenvalue weighted by atomic mass is 10.2. The van der Waals surface area contributed by atoms with Crippen molar-refractivity contribution in [3.63, 3.8) is 0 Å². The largest absolute Gasteiger partial charge is 0.251 e. The van der Waals surface area contributed by atoms with Gasteiger partial charge in [0, 0.05) is 15.9 Å². The van der Waals surface area contributed by atoms with Crippen molar-refractivity contribution in [1.82, 2.24) is 9.78 Å². The lowest BCUT2D eigenvalue weighted by molar-refractivity contribution is 0.532. The summed E-state index contributed by atoms with van der Waals surface area (Å²) < 4.78 is 2.74. The van der Waals surface area contributed by atoms with Crippen molar-refractivity contribution in [3.05, 3.63) is 28.4 Å². The summed E-state index contributed by atoms with van der Waals surface area (Å²) in [7, 11) is 0. The van der Waals surface area contributed by atoms with E-state index in [1.165, 1.54) is 0 Å². The predicted molar refractivity (Wildman–Crippen MR) is 62.5 cm³/mol. The van der Waals surface area contributed by atoms with E-state index in [4.69, 9.17) is 5.26 Å². The van der Waals surface area contributed by atoms with Crippen molar-refractivity contribution in [3.8, 4) is 6.07 Å². The van der Waals surface area contributed by atoms with Crippen LogP contribution in [-0.2, 0) is 0 Å². The number of aromatic nitrogens is 2. The van der Waals surface area contributed by atoms with Gasteiger partial charge in [0.2, 0.25) is 0 Å². The van der Waals surface area contributed by atoms with Gasteiger partial charge in [0.1, 0.15) is 11.8 Å². The second-order valence-corrected chi connectivity index (χ2v) is 4.58. The normalized spacial score (nSPS) is 10.9. The minimum absolute atomic E-state index is 0.200. The highest BCUT2D eigenvalue weighted by molar-refractivity contribution is 9.10. The Labute approximate surface area is 96.4 Å². The molecule has 0 amide bonds. The summed E-state index contributed by atoms with van der Waals surface area (Å²) in [5.41, 5.74) is 1.49. The van der Waals surface area contributed by atoms with Crippen LogP contribution in [0.25, 0.3) is 10.9 Å². The summed E-state index contributed by atoms with van der Waals surface area (Å²) >= 11 is 3.39. The van der Waals surface area contributed by atoms with Gasteiger partial charge in [-0.2, -0.15) is 10.4 Å². The van der Waals surface area contributed by atoms with Crippen molar-refractivity contribution >= 4 is 26.8 Å². The lowest BCUT2D eigenvalue weighted by Crippen LogP contribution is -2.04. The van der Waals surface area contributed by atoms with Crippen LogP contribution in [0.3, 0.4) is 0 Å². The Morgan fingerprint density at radius 2 is 2.20 bits per heavy atom. The summed E-state index contributed by atoms with van der Waals surface area (Å²) in [6.45, 7) is 4.03. The third kappa shape index (κ3) is 1.64. The van der Waals surface area contributed by atoms with E-state index in [2.05, 4.69) is 27.1 Å². The first-order chi connectivity index (χ1) is 7.13. The highest BCUT2D eigenvalue weighted by atomic mass is 79.9. The van der Waals surface area contributed by atoms with Gasteiger partial charge in [-0.25, -0.2) is 0 Å². The van der Waals surface area contributed by atoms with Crippen molar-refractivity contribution in [1.29, 1.82) is 5.26 Å². The molecule has 4 heteroatoms. The minimum Gasteiger partial charge on any atom is -0.251 e. The van der Waals surface area contributed by atoms with Gasteiger partial charge < -0.3 is 0 Å². The molecule has 1 aromatic heterocycles. The maximum Gasteiger partial charge on any atom is 0.146 e. The molecule has 0 bridgehead atoms. The molecule has 76 valence electrons. The standard InChI is InChI=1S/C11H10BrN3/c1-7(2)15-11(6-13)9-4-3-8(12)5-10(9)14-15/h3-5,7H,1-2H3. The molecule has 1 heterocycles. The van der Waals surface area contributed by atoms with E-state index < -0.39 is 0 Å². The molecule has 2 rings (SSSR count).